The third-order valence-electron chi connectivity index (χ3n) is 7.47. The monoisotopic (exact) mass is 454 g/mol. The maximum atomic E-state index is 13.2. The van der Waals surface area contributed by atoms with Crippen LogP contribution in [0.25, 0.3) is 0 Å². The van der Waals surface area contributed by atoms with Crippen molar-refractivity contribution in [3.63, 3.8) is 0 Å². The van der Waals surface area contributed by atoms with Crippen molar-refractivity contribution in [1.29, 1.82) is 0 Å². The van der Waals surface area contributed by atoms with E-state index in [1.165, 1.54) is 10.5 Å². The number of nitrogens with one attached hydrogen (secondary N) is 1. The van der Waals surface area contributed by atoms with Crippen LogP contribution in [0, 0.1) is 23.2 Å². The lowest BCUT2D eigenvalue weighted by Gasteiger charge is -2.58. The molecule has 0 aliphatic heterocycles. The van der Waals surface area contributed by atoms with Crippen LogP contribution in [0.2, 0.25) is 0 Å². The molecule has 2 amide bonds. The van der Waals surface area contributed by atoms with Gasteiger partial charge in [0.1, 0.15) is 0 Å². The number of anilines is 2. The summed E-state index contributed by atoms with van der Waals surface area (Å²) in [6.45, 7) is 0. The van der Waals surface area contributed by atoms with Crippen LogP contribution >= 0.6 is 0 Å². The minimum atomic E-state index is -2.33. The highest BCUT2D eigenvalue weighted by Gasteiger charge is 2.58. The zero-order valence-electron chi connectivity index (χ0n) is 17.5. The van der Waals surface area contributed by atoms with Gasteiger partial charge in [-0.2, -0.15) is 0 Å². The zero-order valence-corrected chi connectivity index (χ0v) is 18.3. The van der Waals surface area contributed by atoms with Gasteiger partial charge in [-0.05, 0) is 80.2 Å². The van der Waals surface area contributed by atoms with Crippen LogP contribution in [-0.2, 0) is 16.1 Å². The lowest BCUT2D eigenvalue weighted by atomic mass is 9.47. The summed E-state index contributed by atoms with van der Waals surface area (Å²) in [6, 6.07) is 10.1. The molecule has 1 aromatic heterocycles. The van der Waals surface area contributed by atoms with E-state index in [9.17, 15) is 18.4 Å². The van der Waals surface area contributed by atoms with Crippen LogP contribution in [0.5, 0.6) is 0 Å². The van der Waals surface area contributed by atoms with Gasteiger partial charge < -0.3 is 11.1 Å². The first kappa shape index (κ1) is 21.1. The van der Waals surface area contributed by atoms with Crippen molar-refractivity contribution < 1.29 is 18.4 Å². The molecule has 4 fully saturated rings. The van der Waals surface area contributed by atoms with Crippen molar-refractivity contribution >= 4 is 34.5 Å². The molecule has 0 saturated heterocycles. The summed E-state index contributed by atoms with van der Waals surface area (Å²) in [5.41, 5.74) is 6.66. The van der Waals surface area contributed by atoms with Gasteiger partial charge in [0.25, 0.3) is 17.2 Å². The van der Waals surface area contributed by atoms with Crippen LogP contribution in [0.15, 0.2) is 48.8 Å². The number of benzene rings is 1. The third-order valence-corrected chi connectivity index (χ3v) is 8.21. The number of primary amides is 1. The van der Waals surface area contributed by atoms with Gasteiger partial charge in [0.05, 0.1) is 17.6 Å². The van der Waals surface area contributed by atoms with Crippen LogP contribution in [0.1, 0.15) is 42.5 Å². The molecule has 168 valence electrons. The van der Waals surface area contributed by atoms with Gasteiger partial charge in [0, 0.05) is 23.2 Å². The molecule has 4 aliphatic carbocycles. The summed E-state index contributed by atoms with van der Waals surface area (Å²) in [7, 11) is 0. The Bertz CT molecular complexity index is 1060. The average molecular weight is 455 g/mol. The molecule has 4 saturated carbocycles. The van der Waals surface area contributed by atoms with Gasteiger partial charge in [-0.3, -0.25) is 19.1 Å². The van der Waals surface area contributed by atoms with E-state index in [-0.39, 0.29) is 29.7 Å². The fourth-order valence-corrected chi connectivity index (χ4v) is 6.96. The number of hydrogen-bond donors (Lipinski definition) is 3. The highest BCUT2D eigenvalue weighted by molar-refractivity contribution is 7.81. The molecule has 8 nitrogen and oxygen atoms in total. The Balaban J connectivity index is 1.36. The fourth-order valence-electron chi connectivity index (χ4n) is 6.37. The molecule has 4 bridgehead atoms. The van der Waals surface area contributed by atoms with Crippen LogP contribution in [0.3, 0.4) is 0 Å². The lowest BCUT2D eigenvalue weighted by Crippen LogP contribution is -2.62. The molecule has 0 radical (unpaired) electrons. The number of carbonyl (C=O) groups is 2. The van der Waals surface area contributed by atoms with Crippen LogP contribution < -0.4 is 15.4 Å². The smallest absolute Gasteiger partial charge is 0.266 e. The minimum Gasteiger partial charge on any atom is -0.369 e. The van der Waals surface area contributed by atoms with Gasteiger partial charge in [0.15, 0.2) is 0 Å². The first-order valence-electron chi connectivity index (χ1n) is 10.9. The maximum absolute atomic E-state index is 13.2. The summed E-state index contributed by atoms with van der Waals surface area (Å²) >= 11 is -2.33. The van der Waals surface area contributed by atoms with Crippen LogP contribution in [0.4, 0.5) is 11.4 Å². The zero-order chi connectivity index (χ0) is 22.5. The number of aromatic nitrogens is 1. The highest BCUT2D eigenvalue weighted by Crippen LogP contribution is 2.59. The van der Waals surface area contributed by atoms with E-state index in [1.54, 1.807) is 42.6 Å². The Morgan fingerprint density at radius 1 is 1.12 bits per heavy atom. The van der Waals surface area contributed by atoms with E-state index < -0.39 is 16.7 Å². The molecule has 3 atom stereocenters. The van der Waals surface area contributed by atoms with Gasteiger partial charge >= 0.3 is 0 Å². The molecule has 1 aromatic carbocycles. The second-order valence-electron chi connectivity index (χ2n) is 9.40. The Kier molecular flexibility index (Phi) is 5.25. The molecule has 1 heterocycles. The Morgan fingerprint density at radius 3 is 2.47 bits per heavy atom. The topological polar surface area (TPSA) is 126 Å². The number of carbonyl (C=O) groups excluding carboxylic acids is 2. The molecular weight excluding hydrogens is 428 g/mol. The normalized spacial score (nSPS) is 31.2. The summed E-state index contributed by atoms with van der Waals surface area (Å²) in [5.74, 6) is 0.633. The Hall–Kier alpha value is -2.78. The maximum Gasteiger partial charge on any atom is 0.266 e. The first-order valence-corrected chi connectivity index (χ1v) is 11.9. The second-order valence-corrected chi connectivity index (χ2v) is 10.2. The fraction of sp³-hybridized carbons (Fsp3) is 0.435. The molecule has 2 aromatic rings. The van der Waals surface area contributed by atoms with Crippen molar-refractivity contribution in [2.45, 2.75) is 38.1 Å². The van der Waals surface area contributed by atoms with Crippen LogP contribution in [-0.4, -0.2) is 31.6 Å². The van der Waals surface area contributed by atoms with E-state index >= 15 is 0 Å². The highest BCUT2D eigenvalue weighted by atomic mass is 32.2. The summed E-state index contributed by atoms with van der Waals surface area (Å²) < 4.78 is 23.1. The Morgan fingerprint density at radius 2 is 1.84 bits per heavy atom. The molecular formula is C23H26N4O4S. The number of hydrogen-bond acceptors (Lipinski definition) is 4. The van der Waals surface area contributed by atoms with Crippen molar-refractivity contribution in [3.05, 3.63) is 54.4 Å². The Labute approximate surface area is 189 Å². The second kappa shape index (κ2) is 7.97. The van der Waals surface area contributed by atoms with Gasteiger partial charge in [0.2, 0.25) is 5.91 Å². The number of nitrogens with zero attached hydrogens (tertiary/aromatic N) is 2. The molecule has 4 aliphatic rings. The van der Waals surface area contributed by atoms with Crippen molar-refractivity contribution in [2.24, 2.45) is 28.9 Å². The average Bonchev–Trinajstić information content (AvgIpc) is 2.76. The third kappa shape index (κ3) is 3.59. The largest absolute Gasteiger partial charge is 0.369 e. The predicted molar refractivity (Wildman–Crippen MR) is 120 cm³/mol. The van der Waals surface area contributed by atoms with Crippen molar-refractivity contribution in [2.75, 3.05) is 4.31 Å². The van der Waals surface area contributed by atoms with Crippen molar-refractivity contribution in [1.82, 2.24) is 10.3 Å². The summed E-state index contributed by atoms with van der Waals surface area (Å²) in [6.07, 6.45) is 7.50. The van der Waals surface area contributed by atoms with E-state index in [0.717, 1.165) is 32.1 Å². The van der Waals surface area contributed by atoms with E-state index in [0.29, 0.717) is 22.9 Å². The first-order chi connectivity index (χ1) is 15.4. The van der Waals surface area contributed by atoms with Gasteiger partial charge in [-0.25, -0.2) is 8.51 Å². The molecule has 6 rings (SSSR count). The van der Waals surface area contributed by atoms with Crippen molar-refractivity contribution in [3.8, 4) is 0 Å². The number of rotatable bonds is 6. The molecule has 32 heavy (non-hydrogen) atoms. The SMILES string of the molecule is NC(=O)C12CC3CC(C1)C(NC(=O)c1cccc(N(c4cccnc4)S(=O)O)c1)C(C3)C2. The quantitative estimate of drug-likeness (QED) is 0.579. The predicted octanol–water partition coefficient (Wildman–Crippen LogP) is 2.77. The number of amides is 2. The van der Waals surface area contributed by atoms with Gasteiger partial charge in [-0.1, -0.05) is 6.07 Å². The number of nitrogens with two attached hydrogens (primary N) is 1. The van der Waals surface area contributed by atoms with E-state index in [4.69, 9.17) is 5.73 Å². The summed E-state index contributed by atoms with van der Waals surface area (Å²) in [5, 5.41) is 3.21. The standard InChI is InChI=1S/C23H26N4O4S/c24-22(29)23-10-14-7-16(11-23)20(17(8-14)12-23)26-21(28)15-3-1-4-18(9-15)27(32(30)31)19-5-2-6-25-13-19/h1-6,9,13-14,16-17,20H,7-8,10-12H2,(H2,24,29)(H,26,28)(H,30,31). The van der Waals surface area contributed by atoms with E-state index in [1.807, 2.05) is 0 Å². The molecule has 4 N–H and O–H groups in total. The number of pyridine rings is 1. The lowest BCUT2D eigenvalue weighted by molar-refractivity contribution is -0.145. The molecule has 9 heteroatoms. The summed E-state index contributed by atoms with van der Waals surface area (Å²) in [4.78, 5) is 29.3. The van der Waals surface area contributed by atoms with E-state index in [2.05, 4.69) is 10.3 Å². The molecule has 0 spiro atoms. The molecule has 3 unspecified atom stereocenters. The van der Waals surface area contributed by atoms with Gasteiger partial charge in [-0.15, -0.1) is 0 Å². The minimum absolute atomic E-state index is 0.0246.